The molecule has 0 bridgehead atoms. The normalized spacial score (nSPS) is 22.7. The Balaban J connectivity index is 2.54. The third-order valence-electron chi connectivity index (χ3n) is 3.29. The molecule has 1 aliphatic heterocycles. The van der Waals surface area contributed by atoms with E-state index in [-0.39, 0.29) is 22.6 Å². The highest BCUT2D eigenvalue weighted by molar-refractivity contribution is 6.31. The van der Waals surface area contributed by atoms with Crippen molar-refractivity contribution in [3.8, 4) is 0 Å². The molecule has 1 saturated heterocycles. The first-order chi connectivity index (χ1) is 10.2. The monoisotopic (exact) mass is 344 g/mol. The van der Waals surface area contributed by atoms with E-state index in [1.54, 1.807) is 20.8 Å². The summed E-state index contributed by atoms with van der Waals surface area (Å²) in [6, 6.07) is -0.678. The Hall–Kier alpha value is -1.08. The maximum atomic E-state index is 11.8. The summed E-state index contributed by atoms with van der Waals surface area (Å²) in [5, 5.41) is 5.71. The number of rotatable bonds is 5. The van der Waals surface area contributed by atoms with Crippen LogP contribution in [0.5, 0.6) is 0 Å². The van der Waals surface area contributed by atoms with E-state index in [1.807, 2.05) is 13.8 Å². The smallest absolute Gasteiger partial charge is 0.408 e. The summed E-state index contributed by atoms with van der Waals surface area (Å²) in [5.41, 5.74) is -0.910. The van der Waals surface area contributed by atoms with E-state index in [0.29, 0.717) is 6.42 Å². The van der Waals surface area contributed by atoms with Crippen LogP contribution in [0.15, 0.2) is 0 Å². The van der Waals surface area contributed by atoms with Gasteiger partial charge in [-0.1, -0.05) is 20.8 Å². The molecule has 2 unspecified atom stereocenters. The molecule has 0 aromatic heterocycles. The van der Waals surface area contributed by atoms with Crippen LogP contribution in [0, 0.1) is 0 Å². The molecular formula is C16H32N2O4Si. The first-order valence-corrected chi connectivity index (χ1v) is 9.41. The van der Waals surface area contributed by atoms with Gasteiger partial charge in [-0.2, -0.15) is 0 Å². The van der Waals surface area contributed by atoms with Gasteiger partial charge >= 0.3 is 6.09 Å². The van der Waals surface area contributed by atoms with E-state index >= 15 is 0 Å². The molecule has 0 spiro atoms. The van der Waals surface area contributed by atoms with Gasteiger partial charge in [-0.15, -0.1) is 0 Å². The number of nitrogens with one attached hydrogen (secondary N) is 2. The lowest BCUT2D eigenvalue weighted by Crippen LogP contribution is -2.70. The molecule has 134 valence electrons. The van der Waals surface area contributed by atoms with Crippen molar-refractivity contribution >= 4 is 21.8 Å². The average Bonchev–Trinajstić information content (AvgIpc) is 2.30. The Labute approximate surface area is 142 Å². The number of hydrogen-bond acceptors (Lipinski definition) is 4. The third-order valence-corrected chi connectivity index (χ3v) is 5.08. The lowest BCUT2D eigenvalue weighted by Gasteiger charge is -2.42. The summed E-state index contributed by atoms with van der Waals surface area (Å²) in [5.74, 6) is -0.176. The number of alkyl carbamates (subject to hydrolysis) is 1. The fourth-order valence-electron chi connectivity index (χ4n) is 2.21. The molecule has 2 N–H and O–H groups in total. The SMILES string of the molecule is CC(C)(C)OC(=O)NC1C(=O)NC1CC(C)(C)O[SiH2]C(C)(C)C. The van der Waals surface area contributed by atoms with Crippen LogP contribution < -0.4 is 10.6 Å². The first-order valence-electron chi connectivity index (χ1n) is 8.12. The quantitative estimate of drug-likeness (QED) is 0.590. The van der Waals surface area contributed by atoms with Crippen LogP contribution in [0.2, 0.25) is 5.04 Å². The number of β-lactam (4-membered cyclic amide) rings is 1. The molecule has 0 aromatic rings. The van der Waals surface area contributed by atoms with Crippen molar-refractivity contribution in [2.24, 2.45) is 0 Å². The van der Waals surface area contributed by atoms with E-state index in [2.05, 4.69) is 31.4 Å². The molecule has 1 heterocycles. The summed E-state index contributed by atoms with van der Waals surface area (Å²) in [4.78, 5) is 23.6. The minimum atomic E-state index is -0.681. The molecule has 1 rings (SSSR count). The fraction of sp³-hybridized carbons (Fsp3) is 0.875. The average molecular weight is 345 g/mol. The largest absolute Gasteiger partial charge is 0.444 e. The van der Waals surface area contributed by atoms with Crippen molar-refractivity contribution in [1.29, 1.82) is 0 Å². The van der Waals surface area contributed by atoms with Crippen molar-refractivity contribution < 1.29 is 18.8 Å². The van der Waals surface area contributed by atoms with E-state index < -0.39 is 27.5 Å². The maximum Gasteiger partial charge on any atom is 0.408 e. The number of carbonyl (C=O) groups excluding carboxylic acids is 2. The molecule has 0 aromatic carbocycles. The topological polar surface area (TPSA) is 76.7 Å². The van der Waals surface area contributed by atoms with Gasteiger partial charge in [-0.25, -0.2) is 4.79 Å². The first kappa shape index (κ1) is 20.0. The van der Waals surface area contributed by atoms with Crippen molar-refractivity contribution in [2.75, 3.05) is 0 Å². The van der Waals surface area contributed by atoms with Gasteiger partial charge in [-0.05, 0) is 46.1 Å². The number of amides is 2. The zero-order chi connectivity index (χ0) is 18.1. The summed E-state index contributed by atoms with van der Waals surface area (Å²) >= 11 is 0. The molecular weight excluding hydrogens is 312 g/mol. The minimum Gasteiger partial charge on any atom is -0.444 e. The van der Waals surface area contributed by atoms with Gasteiger partial charge in [0.2, 0.25) is 5.91 Å². The Morgan fingerprint density at radius 2 is 1.74 bits per heavy atom. The molecule has 0 aliphatic carbocycles. The second-order valence-electron chi connectivity index (χ2n) is 9.05. The number of ether oxygens (including phenoxy) is 1. The van der Waals surface area contributed by atoms with Crippen LogP contribution in [0.1, 0.15) is 61.8 Å². The summed E-state index contributed by atoms with van der Waals surface area (Å²) in [6.07, 6.45) is 0.0904. The maximum absolute atomic E-state index is 11.8. The van der Waals surface area contributed by atoms with Gasteiger partial charge in [-0.3, -0.25) is 4.79 Å². The molecule has 1 fully saturated rings. The fourth-order valence-corrected chi connectivity index (χ4v) is 3.15. The van der Waals surface area contributed by atoms with Gasteiger partial charge < -0.3 is 19.8 Å². The van der Waals surface area contributed by atoms with Crippen LogP contribution in [-0.2, 0) is 14.0 Å². The lowest BCUT2D eigenvalue weighted by molar-refractivity contribution is -0.133. The van der Waals surface area contributed by atoms with Crippen molar-refractivity contribution in [3.63, 3.8) is 0 Å². The van der Waals surface area contributed by atoms with Crippen LogP contribution in [0.3, 0.4) is 0 Å². The van der Waals surface area contributed by atoms with Gasteiger partial charge in [0.05, 0.1) is 11.6 Å². The van der Waals surface area contributed by atoms with Gasteiger partial charge in [0, 0.05) is 0 Å². The Kier molecular flexibility index (Phi) is 5.91. The summed E-state index contributed by atoms with van der Waals surface area (Å²) in [7, 11) is -0.681. The highest BCUT2D eigenvalue weighted by Gasteiger charge is 2.44. The molecule has 1 aliphatic rings. The van der Waals surface area contributed by atoms with Crippen LogP contribution in [0.25, 0.3) is 0 Å². The van der Waals surface area contributed by atoms with Gasteiger partial charge in [0.25, 0.3) is 0 Å². The molecule has 0 radical (unpaired) electrons. The van der Waals surface area contributed by atoms with Crippen LogP contribution in [0.4, 0.5) is 4.79 Å². The Bertz CT molecular complexity index is 452. The summed E-state index contributed by atoms with van der Waals surface area (Å²) in [6.45, 7) is 16.0. The standard InChI is InChI=1S/C16H32N2O4Si/c1-14(2,3)21-13(20)18-11-10(17-12(11)19)9-16(7,8)22-23-15(4,5)6/h10-11H,9,23H2,1-8H3,(H,17,19)(H,18,20). The van der Waals surface area contributed by atoms with Crippen LogP contribution >= 0.6 is 0 Å². The van der Waals surface area contributed by atoms with E-state index in [0.717, 1.165) is 0 Å². The molecule has 2 atom stereocenters. The van der Waals surface area contributed by atoms with E-state index in [9.17, 15) is 9.59 Å². The van der Waals surface area contributed by atoms with E-state index in [1.165, 1.54) is 0 Å². The molecule has 0 saturated carbocycles. The second-order valence-corrected chi connectivity index (χ2v) is 11.8. The molecule has 23 heavy (non-hydrogen) atoms. The molecule has 7 heteroatoms. The zero-order valence-corrected chi connectivity index (χ0v) is 17.1. The highest BCUT2D eigenvalue weighted by atomic mass is 28.2. The van der Waals surface area contributed by atoms with Crippen molar-refractivity contribution in [2.45, 2.75) is 90.1 Å². The lowest BCUT2D eigenvalue weighted by atomic mass is 9.88. The minimum absolute atomic E-state index is 0.126. The zero-order valence-electron chi connectivity index (χ0n) is 15.7. The predicted octanol–water partition coefficient (Wildman–Crippen LogP) is 1.87. The van der Waals surface area contributed by atoms with Gasteiger partial charge in [0.1, 0.15) is 11.6 Å². The number of hydrogen-bond donors (Lipinski definition) is 2. The van der Waals surface area contributed by atoms with Gasteiger partial charge in [0.15, 0.2) is 9.76 Å². The third kappa shape index (κ3) is 7.35. The second kappa shape index (κ2) is 6.81. The van der Waals surface area contributed by atoms with E-state index in [4.69, 9.17) is 9.16 Å². The Morgan fingerprint density at radius 3 is 2.17 bits per heavy atom. The van der Waals surface area contributed by atoms with Crippen molar-refractivity contribution in [3.05, 3.63) is 0 Å². The predicted molar refractivity (Wildman–Crippen MR) is 93.1 cm³/mol. The van der Waals surface area contributed by atoms with Crippen molar-refractivity contribution in [1.82, 2.24) is 10.6 Å². The number of carbonyl (C=O) groups is 2. The van der Waals surface area contributed by atoms with Crippen LogP contribution in [-0.4, -0.2) is 45.0 Å². The Morgan fingerprint density at radius 1 is 1.17 bits per heavy atom. The molecule has 2 amide bonds. The molecule has 6 nitrogen and oxygen atoms in total. The highest BCUT2D eigenvalue weighted by Crippen LogP contribution is 2.27. The summed E-state index contributed by atoms with van der Waals surface area (Å²) < 4.78 is 11.3.